The van der Waals surface area contributed by atoms with Crippen LogP contribution in [0.1, 0.15) is 5.56 Å². The number of benzene rings is 3. The van der Waals surface area contributed by atoms with Crippen LogP contribution in [0.5, 0.6) is 0 Å². The van der Waals surface area contributed by atoms with Crippen molar-refractivity contribution in [2.45, 2.75) is 0 Å². The Morgan fingerprint density at radius 3 is 2.36 bits per heavy atom. The molecular formula is C20H12O2. The first-order valence-corrected chi connectivity index (χ1v) is 7.13. The Balaban J connectivity index is 2.12. The number of fused-ring (bicyclic) bond motifs is 3. The van der Waals surface area contributed by atoms with E-state index in [1.165, 1.54) is 18.2 Å². The van der Waals surface area contributed by atoms with Gasteiger partial charge < -0.3 is 0 Å². The van der Waals surface area contributed by atoms with Crippen molar-refractivity contribution in [2.75, 3.05) is 0 Å². The Morgan fingerprint density at radius 1 is 0.682 bits per heavy atom. The minimum atomic E-state index is -0.146. The highest BCUT2D eigenvalue weighted by molar-refractivity contribution is 6.36. The molecule has 4 rings (SSSR count). The van der Waals surface area contributed by atoms with Crippen LogP contribution in [0.4, 0.5) is 0 Å². The average Bonchev–Trinajstić information content (AvgIpc) is 2.56. The van der Waals surface area contributed by atoms with E-state index in [1.807, 2.05) is 48.5 Å². The zero-order chi connectivity index (χ0) is 15.1. The van der Waals surface area contributed by atoms with Gasteiger partial charge in [0.1, 0.15) is 0 Å². The van der Waals surface area contributed by atoms with Gasteiger partial charge in [-0.15, -0.1) is 0 Å². The highest BCUT2D eigenvalue weighted by Gasteiger charge is 2.18. The van der Waals surface area contributed by atoms with Crippen molar-refractivity contribution in [2.24, 2.45) is 0 Å². The Bertz CT molecular complexity index is 1010. The minimum Gasteiger partial charge on any atom is -0.290 e. The predicted molar refractivity (Wildman–Crippen MR) is 88.6 cm³/mol. The fourth-order valence-corrected chi connectivity index (χ4v) is 3.00. The van der Waals surface area contributed by atoms with Crippen LogP contribution in [-0.4, -0.2) is 11.6 Å². The lowest BCUT2D eigenvalue weighted by atomic mass is 9.90. The maximum atomic E-state index is 12.2. The third-order valence-corrected chi connectivity index (χ3v) is 4.01. The fraction of sp³-hybridized carbons (Fsp3) is 0. The normalized spacial score (nSPS) is 14.6. The van der Waals surface area contributed by atoms with E-state index in [4.69, 9.17) is 0 Å². The molecule has 0 radical (unpaired) electrons. The van der Waals surface area contributed by atoms with Gasteiger partial charge in [-0.3, -0.25) is 9.59 Å². The van der Waals surface area contributed by atoms with Crippen molar-refractivity contribution in [3.63, 3.8) is 0 Å². The van der Waals surface area contributed by atoms with Gasteiger partial charge in [0.15, 0.2) is 11.6 Å². The molecule has 0 bridgehead atoms. The van der Waals surface area contributed by atoms with Gasteiger partial charge in [0.05, 0.1) is 0 Å². The van der Waals surface area contributed by atoms with Crippen LogP contribution < -0.4 is 0 Å². The van der Waals surface area contributed by atoms with Crippen molar-refractivity contribution in [1.82, 2.24) is 0 Å². The molecule has 0 spiro atoms. The second-order valence-electron chi connectivity index (χ2n) is 5.35. The first-order valence-electron chi connectivity index (χ1n) is 7.13. The van der Waals surface area contributed by atoms with E-state index in [9.17, 15) is 9.59 Å². The summed E-state index contributed by atoms with van der Waals surface area (Å²) in [5, 5.41) is 4.29. The van der Waals surface area contributed by atoms with Crippen LogP contribution in [0.3, 0.4) is 0 Å². The lowest BCUT2D eigenvalue weighted by Crippen LogP contribution is -2.07. The van der Waals surface area contributed by atoms with Gasteiger partial charge in [-0.05, 0) is 45.3 Å². The molecule has 1 aliphatic carbocycles. The third kappa shape index (κ3) is 1.89. The molecule has 2 heteroatoms. The van der Waals surface area contributed by atoms with Crippen LogP contribution >= 0.6 is 0 Å². The van der Waals surface area contributed by atoms with Crippen LogP contribution in [0.2, 0.25) is 0 Å². The Kier molecular flexibility index (Phi) is 2.76. The topological polar surface area (TPSA) is 34.1 Å². The molecule has 104 valence electrons. The molecule has 0 amide bonds. The number of allylic oxidation sites excluding steroid dienone is 4. The lowest BCUT2D eigenvalue weighted by molar-refractivity contribution is -0.113. The van der Waals surface area contributed by atoms with Crippen molar-refractivity contribution in [1.29, 1.82) is 0 Å². The molecule has 0 heterocycles. The fourth-order valence-electron chi connectivity index (χ4n) is 3.00. The molecule has 3 aromatic rings. The van der Waals surface area contributed by atoms with Crippen molar-refractivity contribution in [3.05, 3.63) is 78.4 Å². The predicted octanol–water partition coefficient (Wildman–Crippen LogP) is 4.08. The lowest BCUT2D eigenvalue weighted by Gasteiger charge is -2.13. The Morgan fingerprint density at radius 2 is 1.45 bits per heavy atom. The summed E-state index contributed by atoms with van der Waals surface area (Å²) in [5.41, 5.74) is 1.28. The van der Waals surface area contributed by atoms with Crippen LogP contribution in [0.15, 0.2) is 72.8 Å². The smallest absolute Gasteiger partial charge is 0.186 e. The monoisotopic (exact) mass is 284 g/mol. The summed E-state index contributed by atoms with van der Waals surface area (Å²) in [6, 6.07) is 18.1. The number of rotatable bonds is 1. The maximum absolute atomic E-state index is 12.2. The summed E-state index contributed by atoms with van der Waals surface area (Å²) in [6.07, 6.45) is 4.09. The molecular weight excluding hydrogens is 272 g/mol. The third-order valence-electron chi connectivity index (χ3n) is 4.01. The first kappa shape index (κ1) is 12.7. The van der Waals surface area contributed by atoms with Gasteiger partial charge in [0.25, 0.3) is 0 Å². The highest BCUT2D eigenvalue weighted by atomic mass is 16.1. The standard InChI is InChI=1S/C20H12O2/c21-15-10-11-19(22)18(12-15)17-7-3-5-14-9-8-13-4-1-2-6-16(13)20(14)17/h1-12H. The highest BCUT2D eigenvalue weighted by Crippen LogP contribution is 2.33. The van der Waals surface area contributed by atoms with Crippen molar-refractivity contribution in [3.8, 4) is 0 Å². The van der Waals surface area contributed by atoms with Crippen molar-refractivity contribution < 1.29 is 9.59 Å². The van der Waals surface area contributed by atoms with E-state index in [1.54, 1.807) is 0 Å². The number of carbonyl (C=O) groups excluding carboxylic acids is 2. The van der Waals surface area contributed by atoms with E-state index < -0.39 is 0 Å². The number of hydrogen-bond donors (Lipinski definition) is 0. The van der Waals surface area contributed by atoms with Gasteiger partial charge in [0, 0.05) is 5.57 Å². The number of hydrogen-bond acceptors (Lipinski definition) is 2. The molecule has 1 aliphatic rings. The van der Waals surface area contributed by atoms with Crippen molar-refractivity contribution >= 4 is 38.7 Å². The molecule has 0 saturated heterocycles. The van der Waals surface area contributed by atoms with E-state index in [2.05, 4.69) is 6.07 Å². The quantitative estimate of drug-likeness (QED) is 0.498. The van der Waals surface area contributed by atoms with E-state index in [-0.39, 0.29) is 11.6 Å². The van der Waals surface area contributed by atoms with E-state index in [0.29, 0.717) is 5.57 Å². The van der Waals surface area contributed by atoms with Crippen LogP contribution in [-0.2, 0) is 9.59 Å². The minimum absolute atomic E-state index is 0.125. The van der Waals surface area contributed by atoms with Gasteiger partial charge >= 0.3 is 0 Å². The molecule has 22 heavy (non-hydrogen) atoms. The average molecular weight is 284 g/mol. The number of carbonyl (C=O) groups is 2. The summed E-state index contributed by atoms with van der Waals surface area (Å²) in [5.74, 6) is -0.271. The summed E-state index contributed by atoms with van der Waals surface area (Å²) < 4.78 is 0. The van der Waals surface area contributed by atoms with Crippen LogP contribution in [0.25, 0.3) is 27.1 Å². The van der Waals surface area contributed by atoms with E-state index >= 15 is 0 Å². The maximum Gasteiger partial charge on any atom is 0.186 e. The molecule has 0 N–H and O–H groups in total. The second-order valence-corrected chi connectivity index (χ2v) is 5.35. The van der Waals surface area contributed by atoms with E-state index in [0.717, 1.165) is 27.1 Å². The molecule has 0 atom stereocenters. The molecule has 0 aliphatic heterocycles. The SMILES string of the molecule is O=C1C=CC(=O)C(c2cccc3ccc4ccccc4c23)=C1. The Labute approximate surface area is 127 Å². The summed E-state index contributed by atoms with van der Waals surface area (Å²) in [6.45, 7) is 0. The van der Waals surface area contributed by atoms with Gasteiger partial charge in [-0.25, -0.2) is 0 Å². The van der Waals surface area contributed by atoms with Gasteiger partial charge in [-0.2, -0.15) is 0 Å². The largest absolute Gasteiger partial charge is 0.290 e. The summed E-state index contributed by atoms with van der Waals surface area (Å²) >= 11 is 0. The molecule has 0 unspecified atom stereocenters. The zero-order valence-electron chi connectivity index (χ0n) is 11.7. The molecule has 0 aromatic heterocycles. The Hall–Kier alpha value is -3.00. The number of ketones is 2. The molecule has 3 aromatic carbocycles. The van der Waals surface area contributed by atoms with Crippen LogP contribution in [0, 0.1) is 0 Å². The molecule has 0 fully saturated rings. The van der Waals surface area contributed by atoms with Gasteiger partial charge in [0.2, 0.25) is 0 Å². The summed E-state index contributed by atoms with van der Waals surface area (Å²) in [4.78, 5) is 23.9. The summed E-state index contributed by atoms with van der Waals surface area (Å²) in [7, 11) is 0. The second kappa shape index (κ2) is 4.78. The zero-order valence-corrected chi connectivity index (χ0v) is 11.7. The molecule has 2 nitrogen and oxygen atoms in total. The molecule has 0 saturated carbocycles. The van der Waals surface area contributed by atoms with Gasteiger partial charge in [-0.1, -0.05) is 54.6 Å². The first-order chi connectivity index (χ1) is 10.7.